The minimum atomic E-state index is -0.102. The first-order valence-corrected chi connectivity index (χ1v) is 6.98. The fourth-order valence-electron chi connectivity index (χ4n) is 1.99. The molecule has 108 valence electrons. The number of carbonyl (C=O) groups is 1. The van der Waals surface area contributed by atoms with E-state index in [1.807, 2.05) is 37.3 Å². The molecule has 0 aliphatic carbocycles. The van der Waals surface area contributed by atoms with Crippen molar-refractivity contribution in [3.8, 4) is 0 Å². The Morgan fingerprint density at radius 3 is 2.65 bits per heavy atom. The van der Waals surface area contributed by atoms with Crippen LogP contribution in [0.1, 0.15) is 32.6 Å². The van der Waals surface area contributed by atoms with Crippen LogP contribution in [0.2, 0.25) is 0 Å². The molecule has 0 fully saturated rings. The van der Waals surface area contributed by atoms with E-state index in [4.69, 9.17) is 4.42 Å². The van der Waals surface area contributed by atoms with Crippen molar-refractivity contribution in [3.63, 3.8) is 0 Å². The largest absolute Gasteiger partial charge is 0.459 e. The highest BCUT2D eigenvalue weighted by Crippen LogP contribution is 2.26. The second-order valence-electron chi connectivity index (χ2n) is 5.55. The van der Waals surface area contributed by atoms with Gasteiger partial charge in [-0.2, -0.15) is 0 Å². The summed E-state index contributed by atoms with van der Waals surface area (Å²) in [6.45, 7) is 6.79. The zero-order valence-corrected chi connectivity index (χ0v) is 12.5. The molecule has 0 spiro atoms. The lowest BCUT2D eigenvalue weighted by Gasteiger charge is -2.24. The van der Waals surface area contributed by atoms with Gasteiger partial charge in [0.2, 0.25) is 0 Å². The van der Waals surface area contributed by atoms with E-state index in [0.29, 0.717) is 12.5 Å². The van der Waals surface area contributed by atoms with Gasteiger partial charge in [0.15, 0.2) is 0 Å². The van der Waals surface area contributed by atoms with Gasteiger partial charge in [-0.25, -0.2) is 4.79 Å². The van der Waals surface area contributed by atoms with Crippen molar-refractivity contribution < 1.29 is 9.21 Å². The van der Waals surface area contributed by atoms with E-state index in [0.717, 1.165) is 16.7 Å². The summed E-state index contributed by atoms with van der Waals surface area (Å²) in [6.07, 6.45) is 0. The summed E-state index contributed by atoms with van der Waals surface area (Å²) in [7, 11) is 1.79. The molecule has 0 saturated carbocycles. The molecule has 1 aromatic heterocycles. The molecule has 1 N–H and O–H groups in total. The highest BCUT2D eigenvalue weighted by molar-refractivity contribution is 5.78. The van der Waals surface area contributed by atoms with Crippen LogP contribution in [0.4, 0.5) is 4.79 Å². The number of urea groups is 1. The second kappa shape index (κ2) is 5.99. The summed E-state index contributed by atoms with van der Waals surface area (Å²) in [6, 6.07) is 9.68. The van der Waals surface area contributed by atoms with E-state index < -0.39 is 0 Å². The van der Waals surface area contributed by atoms with Gasteiger partial charge in [0.05, 0.1) is 6.04 Å². The first kappa shape index (κ1) is 14.4. The average molecular weight is 274 g/mol. The maximum Gasteiger partial charge on any atom is 0.317 e. The molecule has 0 radical (unpaired) electrons. The number of rotatable bonds is 4. The number of hydrogen-bond acceptors (Lipinski definition) is 2. The normalized spacial score (nSPS) is 12.7. The van der Waals surface area contributed by atoms with Gasteiger partial charge in [-0.05, 0) is 25.0 Å². The monoisotopic (exact) mass is 274 g/mol. The van der Waals surface area contributed by atoms with Crippen LogP contribution in [0.3, 0.4) is 0 Å². The zero-order chi connectivity index (χ0) is 14.7. The molecule has 20 heavy (non-hydrogen) atoms. The first-order chi connectivity index (χ1) is 9.49. The van der Waals surface area contributed by atoms with Crippen LogP contribution in [0, 0.1) is 5.92 Å². The van der Waals surface area contributed by atoms with Gasteiger partial charge in [0.1, 0.15) is 11.3 Å². The van der Waals surface area contributed by atoms with Crippen molar-refractivity contribution in [2.75, 3.05) is 13.6 Å². The number of hydrogen-bond donors (Lipinski definition) is 1. The third-order valence-corrected chi connectivity index (χ3v) is 3.42. The lowest BCUT2D eigenvalue weighted by atomic mass is 10.2. The first-order valence-electron chi connectivity index (χ1n) is 6.98. The number of benzene rings is 1. The van der Waals surface area contributed by atoms with E-state index in [1.54, 1.807) is 11.9 Å². The highest BCUT2D eigenvalue weighted by atomic mass is 16.3. The number of furan rings is 1. The van der Waals surface area contributed by atoms with E-state index in [-0.39, 0.29) is 12.1 Å². The Labute approximate surface area is 119 Å². The van der Waals surface area contributed by atoms with E-state index in [1.165, 1.54) is 0 Å². The predicted molar refractivity (Wildman–Crippen MR) is 80.6 cm³/mol. The van der Waals surface area contributed by atoms with Crippen LogP contribution in [0.25, 0.3) is 11.0 Å². The van der Waals surface area contributed by atoms with Crippen molar-refractivity contribution >= 4 is 17.0 Å². The van der Waals surface area contributed by atoms with E-state index >= 15 is 0 Å². The Hall–Kier alpha value is -1.97. The van der Waals surface area contributed by atoms with Gasteiger partial charge in [0.25, 0.3) is 0 Å². The molecule has 0 saturated heterocycles. The standard InChI is InChI=1S/C16H22N2O2/c1-11(2)10-17-16(19)18(4)12(3)15-9-13-7-5-6-8-14(13)20-15/h5-9,11-12H,10H2,1-4H3,(H,17,19). The predicted octanol–water partition coefficient (Wildman–Crippen LogP) is 3.79. The minimum Gasteiger partial charge on any atom is -0.459 e. The minimum absolute atomic E-state index is 0.0772. The highest BCUT2D eigenvalue weighted by Gasteiger charge is 2.20. The molecular weight excluding hydrogens is 252 g/mol. The van der Waals surface area contributed by atoms with Crippen molar-refractivity contribution in [1.82, 2.24) is 10.2 Å². The summed E-state index contributed by atoms with van der Waals surface area (Å²) in [4.78, 5) is 13.7. The SMILES string of the molecule is CC(C)CNC(=O)N(C)C(C)c1cc2ccccc2o1. The molecule has 1 unspecified atom stereocenters. The quantitative estimate of drug-likeness (QED) is 0.922. The molecule has 0 aliphatic rings. The smallest absolute Gasteiger partial charge is 0.317 e. The summed E-state index contributed by atoms with van der Waals surface area (Å²) >= 11 is 0. The molecule has 0 bridgehead atoms. The lowest BCUT2D eigenvalue weighted by Crippen LogP contribution is -2.40. The van der Waals surface area contributed by atoms with Crippen molar-refractivity contribution in [2.45, 2.75) is 26.8 Å². The van der Waals surface area contributed by atoms with Crippen LogP contribution in [0.5, 0.6) is 0 Å². The van der Waals surface area contributed by atoms with Gasteiger partial charge < -0.3 is 14.6 Å². The van der Waals surface area contributed by atoms with Gasteiger partial charge in [0, 0.05) is 19.0 Å². The summed E-state index contributed by atoms with van der Waals surface area (Å²) in [5, 5.41) is 3.97. The Kier molecular flexibility index (Phi) is 4.32. The molecule has 2 rings (SSSR count). The van der Waals surface area contributed by atoms with E-state index in [2.05, 4.69) is 19.2 Å². The van der Waals surface area contributed by atoms with Gasteiger partial charge in [-0.1, -0.05) is 32.0 Å². The summed E-state index contributed by atoms with van der Waals surface area (Å²) in [5.74, 6) is 1.24. The van der Waals surface area contributed by atoms with Gasteiger partial charge in [-0.3, -0.25) is 0 Å². The Bertz CT molecular complexity index is 556. The Balaban J connectivity index is 2.09. The number of fused-ring (bicyclic) bond motifs is 1. The molecule has 4 heteroatoms. The number of carbonyl (C=O) groups excluding carboxylic acids is 1. The van der Waals surface area contributed by atoms with Gasteiger partial charge in [-0.15, -0.1) is 0 Å². The maximum atomic E-state index is 12.1. The fourth-order valence-corrected chi connectivity index (χ4v) is 1.99. The molecule has 1 heterocycles. The van der Waals surface area contributed by atoms with Crippen LogP contribution in [-0.2, 0) is 0 Å². The number of amides is 2. The fraction of sp³-hybridized carbons (Fsp3) is 0.438. The molecule has 4 nitrogen and oxygen atoms in total. The Morgan fingerprint density at radius 1 is 1.30 bits per heavy atom. The van der Waals surface area contributed by atoms with Crippen LogP contribution in [0.15, 0.2) is 34.7 Å². The van der Waals surface area contributed by atoms with Crippen molar-refractivity contribution in [3.05, 3.63) is 36.1 Å². The maximum absolute atomic E-state index is 12.1. The molecule has 1 atom stereocenters. The second-order valence-corrected chi connectivity index (χ2v) is 5.55. The average Bonchev–Trinajstić information content (AvgIpc) is 2.86. The van der Waals surface area contributed by atoms with Crippen molar-refractivity contribution in [1.29, 1.82) is 0 Å². The Morgan fingerprint density at radius 2 is 2.00 bits per heavy atom. The lowest BCUT2D eigenvalue weighted by molar-refractivity contribution is 0.187. The van der Waals surface area contributed by atoms with Crippen molar-refractivity contribution in [2.24, 2.45) is 5.92 Å². The topological polar surface area (TPSA) is 45.5 Å². The third kappa shape index (κ3) is 3.13. The van der Waals surface area contributed by atoms with Crippen LogP contribution >= 0.6 is 0 Å². The molecule has 2 amide bonds. The van der Waals surface area contributed by atoms with E-state index in [9.17, 15) is 4.79 Å². The molecule has 1 aromatic carbocycles. The van der Waals surface area contributed by atoms with Gasteiger partial charge >= 0.3 is 6.03 Å². The summed E-state index contributed by atoms with van der Waals surface area (Å²) in [5.41, 5.74) is 0.852. The van der Waals surface area contributed by atoms with Crippen LogP contribution < -0.4 is 5.32 Å². The third-order valence-electron chi connectivity index (χ3n) is 3.42. The zero-order valence-electron chi connectivity index (χ0n) is 12.5. The number of para-hydroxylation sites is 1. The molecule has 2 aromatic rings. The molecular formula is C16H22N2O2. The number of nitrogens with one attached hydrogen (secondary N) is 1. The summed E-state index contributed by atoms with van der Waals surface area (Å²) < 4.78 is 5.81. The van der Waals surface area contributed by atoms with Crippen LogP contribution in [-0.4, -0.2) is 24.5 Å². The molecule has 0 aliphatic heterocycles. The number of nitrogens with zero attached hydrogens (tertiary/aromatic N) is 1.